The molecule has 2 heterocycles. The molecule has 3 atom stereocenters. The summed E-state index contributed by atoms with van der Waals surface area (Å²) in [6.45, 7) is 3.53. The van der Waals surface area contributed by atoms with Gasteiger partial charge < -0.3 is 15.2 Å². The highest BCUT2D eigenvalue weighted by Gasteiger charge is 2.80. The minimum absolute atomic E-state index is 0.248. The Bertz CT molecular complexity index is 624. The average molecular weight is 287 g/mol. The van der Waals surface area contributed by atoms with Crippen LogP contribution >= 0.6 is 0 Å². The summed E-state index contributed by atoms with van der Waals surface area (Å²) >= 11 is 0. The molecule has 1 aromatic rings. The fourth-order valence-corrected chi connectivity index (χ4v) is 2.67. The summed E-state index contributed by atoms with van der Waals surface area (Å²) in [7, 11) is 0. The third-order valence-corrected chi connectivity index (χ3v) is 4.14. The second-order valence-corrected chi connectivity index (χ2v) is 5.78. The number of rotatable bonds is 4. The SMILES string of the molecule is CC(C)[C@@]1(O)NC(=O)[C@@]2(C(=O)/C=C/c3ccccc3)O[C@H]21. The lowest BCUT2D eigenvalue weighted by molar-refractivity contribution is -0.139. The van der Waals surface area contributed by atoms with E-state index in [1.807, 2.05) is 30.3 Å². The van der Waals surface area contributed by atoms with Crippen LogP contribution in [0.2, 0.25) is 0 Å². The van der Waals surface area contributed by atoms with Gasteiger partial charge in [0.2, 0.25) is 5.60 Å². The van der Waals surface area contributed by atoms with Crippen molar-refractivity contribution >= 4 is 17.8 Å². The Kier molecular flexibility index (Phi) is 3.00. The van der Waals surface area contributed by atoms with E-state index >= 15 is 0 Å². The molecule has 0 radical (unpaired) electrons. The van der Waals surface area contributed by atoms with E-state index < -0.39 is 29.1 Å². The Balaban J connectivity index is 1.81. The summed E-state index contributed by atoms with van der Waals surface area (Å²) in [6.07, 6.45) is 2.15. The molecule has 110 valence electrons. The summed E-state index contributed by atoms with van der Waals surface area (Å²) in [5, 5.41) is 12.9. The molecule has 0 aliphatic carbocycles. The molecule has 0 unspecified atom stereocenters. The van der Waals surface area contributed by atoms with Crippen molar-refractivity contribution < 1.29 is 19.4 Å². The number of ether oxygens (including phenoxy) is 1. The smallest absolute Gasteiger partial charge is 0.265 e. The molecule has 3 rings (SSSR count). The van der Waals surface area contributed by atoms with Gasteiger partial charge >= 0.3 is 0 Å². The van der Waals surface area contributed by atoms with Crippen LogP contribution in [0.3, 0.4) is 0 Å². The number of nitrogens with one attached hydrogen (secondary N) is 1. The zero-order valence-corrected chi connectivity index (χ0v) is 11.9. The highest BCUT2D eigenvalue weighted by molar-refractivity contribution is 6.20. The van der Waals surface area contributed by atoms with E-state index in [-0.39, 0.29) is 5.92 Å². The van der Waals surface area contributed by atoms with Crippen LogP contribution in [0.25, 0.3) is 6.08 Å². The van der Waals surface area contributed by atoms with Crippen LogP contribution in [-0.2, 0) is 14.3 Å². The molecule has 1 amide bonds. The number of fused-ring (bicyclic) bond motifs is 1. The number of ketones is 1. The molecular formula is C16H17NO4. The molecule has 2 N–H and O–H groups in total. The monoisotopic (exact) mass is 287 g/mol. The lowest BCUT2D eigenvalue weighted by Crippen LogP contribution is -2.52. The van der Waals surface area contributed by atoms with Gasteiger partial charge in [-0.05, 0) is 11.6 Å². The van der Waals surface area contributed by atoms with Crippen LogP contribution in [0.4, 0.5) is 0 Å². The van der Waals surface area contributed by atoms with Crippen molar-refractivity contribution in [3.63, 3.8) is 0 Å². The van der Waals surface area contributed by atoms with E-state index in [1.54, 1.807) is 19.9 Å². The third-order valence-electron chi connectivity index (χ3n) is 4.14. The van der Waals surface area contributed by atoms with Crippen molar-refractivity contribution in [2.45, 2.75) is 31.3 Å². The van der Waals surface area contributed by atoms with Gasteiger partial charge in [-0.25, -0.2) is 0 Å². The molecule has 0 saturated carbocycles. The molecule has 0 aromatic heterocycles. The second-order valence-electron chi connectivity index (χ2n) is 5.78. The van der Waals surface area contributed by atoms with Crippen LogP contribution in [0, 0.1) is 5.92 Å². The van der Waals surface area contributed by atoms with Crippen LogP contribution in [-0.4, -0.2) is 34.2 Å². The Morgan fingerprint density at radius 2 is 2.05 bits per heavy atom. The van der Waals surface area contributed by atoms with Crippen molar-refractivity contribution in [1.82, 2.24) is 5.32 Å². The van der Waals surface area contributed by atoms with Gasteiger partial charge in [0.25, 0.3) is 5.91 Å². The molecule has 5 heteroatoms. The first-order chi connectivity index (χ1) is 9.91. The predicted molar refractivity (Wildman–Crippen MR) is 76.0 cm³/mol. The fraction of sp³-hybridized carbons (Fsp3) is 0.375. The number of carbonyl (C=O) groups is 2. The molecule has 5 nitrogen and oxygen atoms in total. The van der Waals surface area contributed by atoms with Gasteiger partial charge in [-0.1, -0.05) is 50.3 Å². The molecule has 2 fully saturated rings. The first-order valence-corrected chi connectivity index (χ1v) is 6.91. The number of hydrogen-bond acceptors (Lipinski definition) is 4. The summed E-state index contributed by atoms with van der Waals surface area (Å²) in [6, 6.07) is 9.31. The average Bonchev–Trinajstić information content (AvgIpc) is 3.18. The first kappa shape index (κ1) is 14.0. The maximum absolute atomic E-state index is 12.3. The Hall–Kier alpha value is -1.98. The van der Waals surface area contributed by atoms with Crippen LogP contribution in [0.5, 0.6) is 0 Å². The second kappa shape index (κ2) is 4.51. The van der Waals surface area contributed by atoms with E-state index in [4.69, 9.17) is 4.74 Å². The number of morpholine rings is 1. The third kappa shape index (κ3) is 1.92. The van der Waals surface area contributed by atoms with Crippen molar-refractivity contribution in [2.75, 3.05) is 0 Å². The van der Waals surface area contributed by atoms with E-state index in [2.05, 4.69) is 5.32 Å². The maximum Gasteiger partial charge on any atom is 0.265 e. The Morgan fingerprint density at radius 1 is 1.38 bits per heavy atom. The lowest BCUT2D eigenvalue weighted by Gasteiger charge is -2.27. The number of hydrogen-bond donors (Lipinski definition) is 2. The number of epoxide rings is 1. The summed E-state index contributed by atoms with van der Waals surface area (Å²) in [5.74, 6) is -1.25. The Morgan fingerprint density at radius 3 is 2.57 bits per heavy atom. The lowest BCUT2D eigenvalue weighted by atomic mass is 9.91. The maximum atomic E-state index is 12.3. The molecule has 2 aliphatic heterocycles. The summed E-state index contributed by atoms with van der Waals surface area (Å²) in [4.78, 5) is 24.4. The van der Waals surface area contributed by atoms with Crippen molar-refractivity contribution in [1.29, 1.82) is 0 Å². The molecule has 0 spiro atoms. The van der Waals surface area contributed by atoms with Gasteiger partial charge in [0.1, 0.15) is 0 Å². The molecule has 1 aromatic carbocycles. The van der Waals surface area contributed by atoms with Gasteiger partial charge in [-0.2, -0.15) is 0 Å². The number of amides is 1. The van der Waals surface area contributed by atoms with E-state index in [0.717, 1.165) is 5.56 Å². The number of carbonyl (C=O) groups excluding carboxylic acids is 2. The summed E-state index contributed by atoms with van der Waals surface area (Å²) in [5.41, 5.74) is -2.17. The Labute approximate surface area is 122 Å². The summed E-state index contributed by atoms with van der Waals surface area (Å²) < 4.78 is 5.32. The van der Waals surface area contributed by atoms with Crippen LogP contribution in [0.1, 0.15) is 19.4 Å². The van der Waals surface area contributed by atoms with Gasteiger partial charge in [0.15, 0.2) is 17.6 Å². The molecule has 21 heavy (non-hydrogen) atoms. The molecule has 2 saturated heterocycles. The molecular weight excluding hydrogens is 270 g/mol. The highest BCUT2D eigenvalue weighted by atomic mass is 16.6. The van der Waals surface area contributed by atoms with Crippen LogP contribution in [0.15, 0.2) is 36.4 Å². The topological polar surface area (TPSA) is 78.9 Å². The predicted octanol–water partition coefficient (Wildman–Crippen LogP) is 0.881. The quantitative estimate of drug-likeness (QED) is 0.489. The zero-order valence-electron chi connectivity index (χ0n) is 11.9. The molecule has 0 bridgehead atoms. The minimum atomic E-state index is -1.55. The van der Waals surface area contributed by atoms with E-state index in [0.29, 0.717) is 0 Å². The van der Waals surface area contributed by atoms with Crippen molar-refractivity contribution in [2.24, 2.45) is 5.92 Å². The standard InChI is InChI=1S/C16H17NO4/c1-10(2)16(20)13-15(21-13,14(19)17-16)12(18)9-8-11-6-4-3-5-7-11/h3-10,13,20H,1-2H3,(H,17,19)/b9-8+/t13-,15+,16+/m1/s1. The zero-order chi connectivity index (χ0) is 15.3. The van der Waals surface area contributed by atoms with Crippen molar-refractivity contribution in [3.05, 3.63) is 42.0 Å². The van der Waals surface area contributed by atoms with Gasteiger partial charge in [-0.3, -0.25) is 9.59 Å². The van der Waals surface area contributed by atoms with Gasteiger partial charge in [-0.15, -0.1) is 0 Å². The van der Waals surface area contributed by atoms with Crippen molar-refractivity contribution in [3.8, 4) is 0 Å². The first-order valence-electron chi connectivity index (χ1n) is 6.91. The van der Waals surface area contributed by atoms with Gasteiger partial charge in [0, 0.05) is 5.92 Å². The van der Waals surface area contributed by atoms with Gasteiger partial charge in [0.05, 0.1) is 0 Å². The van der Waals surface area contributed by atoms with E-state index in [1.165, 1.54) is 6.08 Å². The minimum Gasteiger partial charge on any atom is -0.368 e. The largest absolute Gasteiger partial charge is 0.368 e. The molecule has 2 aliphatic rings. The fourth-order valence-electron chi connectivity index (χ4n) is 2.67. The normalized spacial score (nSPS) is 34.1. The number of aliphatic hydroxyl groups is 1. The van der Waals surface area contributed by atoms with Crippen LogP contribution < -0.4 is 5.32 Å². The number of benzene rings is 1. The van der Waals surface area contributed by atoms with E-state index in [9.17, 15) is 14.7 Å². The highest BCUT2D eigenvalue weighted by Crippen LogP contribution is 2.51.